The molecule has 2 aliphatic heterocycles. The minimum absolute atomic E-state index is 0.0682. The minimum Gasteiger partial charge on any atom is -0.379 e. The van der Waals surface area contributed by atoms with Crippen LogP contribution in [0.3, 0.4) is 0 Å². The number of hydrogen-bond donors (Lipinski definition) is 1. The summed E-state index contributed by atoms with van der Waals surface area (Å²) in [4.78, 5) is 15.0. The maximum atomic E-state index is 13.1. The molecule has 136 valence electrons. The molecule has 1 unspecified atom stereocenters. The van der Waals surface area contributed by atoms with E-state index in [0.29, 0.717) is 6.61 Å². The van der Waals surface area contributed by atoms with Gasteiger partial charge in [0, 0.05) is 30.3 Å². The van der Waals surface area contributed by atoms with Crippen LogP contribution < -0.4 is 10.2 Å². The second kappa shape index (κ2) is 5.84. The van der Waals surface area contributed by atoms with Crippen molar-refractivity contribution in [3.63, 3.8) is 0 Å². The van der Waals surface area contributed by atoms with Gasteiger partial charge in [-0.25, -0.2) is 9.48 Å². The summed E-state index contributed by atoms with van der Waals surface area (Å²) < 4.78 is 7.41. The maximum absolute atomic E-state index is 13.1. The molecule has 1 N–H and O–H groups in total. The number of urea groups is 1. The maximum Gasteiger partial charge on any atom is 0.327 e. The number of ether oxygens (including phenoxy) is 1. The van der Waals surface area contributed by atoms with Crippen LogP contribution in [0.2, 0.25) is 0 Å². The van der Waals surface area contributed by atoms with Crippen LogP contribution in [0.15, 0.2) is 30.3 Å². The first-order valence-electron chi connectivity index (χ1n) is 9.48. The molecule has 6 heteroatoms. The normalized spacial score (nSPS) is 23.1. The largest absolute Gasteiger partial charge is 0.379 e. The molecule has 0 bridgehead atoms. The number of rotatable bonds is 2. The van der Waals surface area contributed by atoms with Crippen molar-refractivity contribution in [2.75, 3.05) is 30.0 Å². The molecule has 0 radical (unpaired) electrons. The summed E-state index contributed by atoms with van der Waals surface area (Å²) in [5, 5.41) is 7.68. The Morgan fingerprint density at radius 3 is 2.92 bits per heavy atom. The SMILES string of the molecule is Cc1cc(NC(=O)N2CC3(CCC3)c3ccccc32)n(C2CCOC2)n1. The first kappa shape index (κ1) is 15.9. The lowest BCUT2D eigenvalue weighted by molar-refractivity contribution is 0.185. The average Bonchev–Trinajstić information content (AvgIpc) is 3.31. The van der Waals surface area contributed by atoms with Gasteiger partial charge in [-0.15, -0.1) is 0 Å². The van der Waals surface area contributed by atoms with Gasteiger partial charge in [0.15, 0.2) is 0 Å². The van der Waals surface area contributed by atoms with Gasteiger partial charge in [0.05, 0.1) is 18.3 Å². The molecule has 1 aromatic carbocycles. The molecule has 2 amide bonds. The summed E-state index contributed by atoms with van der Waals surface area (Å²) in [5.41, 5.74) is 3.46. The second-order valence-electron chi connectivity index (χ2n) is 7.80. The quantitative estimate of drug-likeness (QED) is 0.898. The van der Waals surface area contributed by atoms with E-state index in [1.165, 1.54) is 24.8 Å². The number of fused-ring (bicyclic) bond motifs is 2. The Kier molecular flexibility index (Phi) is 3.57. The second-order valence-corrected chi connectivity index (χ2v) is 7.80. The van der Waals surface area contributed by atoms with Crippen LogP contribution in [0.5, 0.6) is 0 Å². The topological polar surface area (TPSA) is 59.4 Å². The summed E-state index contributed by atoms with van der Waals surface area (Å²) in [6, 6.07) is 10.4. The fourth-order valence-electron chi connectivity index (χ4n) is 4.62. The van der Waals surface area contributed by atoms with E-state index in [9.17, 15) is 4.79 Å². The summed E-state index contributed by atoms with van der Waals surface area (Å²) in [6.45, 7) is 4.13. The number of aromatic nitrogens is 2. The van der Waals surface area contributed by atoms with E-state index in [-0.39, 0.29) is 17.5 Å². The number of para-hydroxylation sites is 1. The fraction of sp³-hybridized carbons (Fsp3) is 0.500. The third kappa shape index (κ3) is 2.35. The number of nitrogens with one attached hydrogen (secondary N) is 1. The Balaban J connectivity index is 1.42. The van der Waals surface area contributed by atoms with Gasteiger partial charge in [0.1, 0.15) is 5.82 Å². The molecule has 1 aromatic heterocycles. The lowest BCUT2D eigenvalue weighted by Gasteiger charge is -2.38. The van der Waals surface area contributed by atoms with Gasteiger partial charge in [-0.05, 0) is 37.8 Å². The van der Waals surface area contributed by atoms with Crippen molar-refractivity contribution < 1.29 is 9.53 Å². The average molecular weight is 352 g/mol. The molecule has 3 aliphatic rings. The zero-order chi connectivity index (χ0) is 17.7. The van der Waals surface area contributed by atoms with Crippen molar-refractivity contribution >= 4 is 17.5 Å². The van der Waals surface area contributed by atoms with Crippen LogP contribution in [0.25, 0.3) is 0 Å². The number of benzene rings is 1. The van der Waals surface area contributed by atoms with E-state index in [1.54, 1.807) is 0 Å². The molecule has 1 saturated heterocycles. The summed E-state index contributed by atoms with van der Waals surface area (Å²) in [5.74, 6) is 0.759. The molecule has 2 aromatic rings. The number of aryl methyl sites for hydroxylation is 1. The van der Waals surface area contributed by atoms with Gasteiger partial charge in [0.25, 0.3) is 0 Å². The number of anilines is 2. The first-order valence-corrected chi connectivity index (χ1v) is 9.48. The molecule has 6 nitrogen and oxygen atoms in total. The third-order valence-corrected chi connectivity index (χ3v) is 6.13. The summed E-state index contributed by atoms with van der Waals surface area (Å²) in [7, 11) is 0. The van der Waals surface area contributed by atoms with Gasteiger partial charge in [0.2, 0.25) is 0 Å². The highest BCUT2D eigenvalue weighted by molar-refractivity contribution is 6.03. The van der Waals surface area contributed by atoms with Crippen LogP contribution >= 0.6 is 0 Å². The number of amides is 2. The van der Waals surface area contributed by atoms with Crippen molar-refractivity contribution in [1.29, 1.82) is 0 Å². The van der Waals surface area contributed by atoms with Gasteiger partial charge in [-0.3, -0.25) is 10.2 Å². The van der Waals surface area contributed by atoms with E-state index >= 15 is 0 Å². The zero-order valence-electron chi connectivity index (χ0n) is 15.1. The van der Waals surface area contributed by atoms with Crippen LogP contribution in [-0.4, -0.2) is 35.6 Å². The fourth-order valence-corrected chi connectivity index (χ4v) is 4.62. The Morgan fingerprint density at radius 1 is 1.35 bits per heavy atom. The number of nitrogens with zero attached hydrogens (tertiary/aromatic N) is 3. The number of carbonyl (C=O) groups excluding carboxylic acids is 1. The number of carbonyl (C=O) groups is 1. The van der Waals surface area contributed by atoms with Crippen LogP contribution in [0.1, 0.15) is 43.0 Å². The van der Waals surface area contributed by atoms with E-state index in [0.717, 1.165) is 36.8 Å². The molecule has 26 heavy (non-hydrogen) atoms. The van der Waals surface area contributed by atoms with Crippen LogP contribution in [0, 0.1) is 6.92 Å². The predicted octanol–water partition coefficient (Wildman–Crippen LogP) is 3.63. The monoisotopic (exact) mass is 352 g/mol. The van der Waals surface area contributed by atoms with Gasteiger partial charge >= 0.3 is 6.03 Å². The van der Waals surface area contributed by atoms with Crippen LogP contribution in [0.4, 0.5) is 16.3 Å². The molecule has 2 fully saturated rings. The molecule has 1 spiro atoms. The molecule has 1 atom stereocenters. The first-order chi connectivity index (χ1) is 12.7. The minimum atomic E-state index is -0.0682. The van der Waals surface area contributed by atoms with E-state index < -0.39 is 0 Å². The summed E-state index contributed by atoms with van der Waals surface area (Å²) >= 11 is 0. The molecule has 1 aliphatic carbocycles. The Hall–Kier alpha value is -2.34. The Morgan fingerprint density at radius 2 is 2.19 bits per heavy atom. The van der Waals surface area contributed by atoms with Gasteiger partial charge in [-0.2, -0.15) is 5.10 Å². The lowest BCUT2D eigenvalue weighted by atomic mass is 9.66. The summed E-state index contributed by atoms with van der Waals surface area (Å²) in [6.07, 6.45) is 4.52. The van der Waals surface area contributed by atoms with Crippen molar-refractivity contribution in [3.8, 4) is 0 Å². The lowest BCUT2D eigenvalue weighted by Crippen LogP contribution is -2.43. The van der Waals surface area contributed by atoms with Crippen molar-refractivity contribution in [3.05, 3.63) is 41.6 Å². The Bertz CT molecular complexity index is 849. The predicted molar refractivity (Wildman–Crippen MR) is 99.8 cm³/mol. The third-order valence-electron chi connectivity index (χ3n) is 6.13. The van der Waals surface area contributed by atoms with Gasteiger partial charge < -0.3 is 4.74 Å². The molecule has 3 heterocycles. The number of hydrogen-bond acceptors (Lipinski definition) is 3. The van der Waals surface area contributed by atoms with E-state index in [4.69, 9.17) is 4.74 Å². The van der Waals surface area contributed by atoms with Crippen molar-refractivity contribution in [1.82, 2.24) is 9.78 Å². The Labute approximate surface area is 153 Å². The highest BCUT2D eigenvalue weighted by Gasteiger charge is 2.48. The molecular formula is C20H24N4O2. The van der Waals surface area contributed by atoms with Gasteiger partial charge in [-0.1, -0.05) is 24.6 Å². The zero-order valence-corrected chi connectivity index (χ0v) is 15.1. The highest BCUT2D eigenvalue weighted by atomic mass is 16.5. The molecular weight excluding hydrogens is 328 g/mol. The van der Waals surface area contributed by atoms with Crippen molar-refractivity contribution in [2.24, 2.45) is 0 Å². The van der Waals surface area contributed by atoms with E-state index in [2.05, 4.69) is 28.6 Å². The van der Waals surface area contributed by atoms with E-state index in [1.807, 2.05) is 28.6 Å². The van der Waals surface area contributed by atoms with Crippen LogP contribution in [-0.2, 0) is 10.2 Å². The van der Waals surface area contributed by atoms with Crippen molar-refractivity contribution in [2.45, 2.75) is 44.1 Å². The molecule has 1 saturated carbocycles. The highest BCUT2D eigenvalue weighted by Crippen LogP contribution is 2.52. The smallest absolute Gasteiger partial charge is 0.327 e. The molecule has 5 rings (SSSR count). The standard InChI is InChI=1S/C20H24N4O2/c1-14-11-18(24(22-14)15-7-10-26-12-15)21-19(25)23-13-20(8-4-9-20)16-5-2-3-6-17(16)23/h2-3,5-6,11,15H,4,7-10,12-13H2,1H3,(H,21,25).